The number of fused-ring (bicyclic) bond motifs is 1. The Morgan fingerprint density at radius 1 is 1.10 bits per heavy atom. The number of aromatic nitrogens is 1. The lowest BCUT2D eigenvalue weighted by Crippen LogP contribution is -2.00. The highest BCUT2D eigenvalue weighted by molar-refractivity contribution is 5.93. The third-order valence-electron chi connectivity index (χ3n) is 4.67. The second kappa shape index (κ2) is 7.23. The normalized spacial score (nSPS) is 11.0. The molecular formula is C21H16N2O6. The lowest BCUT2D eigenvalue weighted by atomic mass is 10.0. The first-order valence-corrected chi connectivity index (χ1v) is 8.79. The topological polar surface area (TPSA) is 109 Å². The largest absolute Gasteiger partial charge is 0.489 e. The molecule has 8 heteroatoms. The first kappa shape index (κ1) is 18.4. The predicted molar refractivity (Wildman–Crippen MR) is 105 cm³/mol. The van der Waals surface area contributed by atoms with Gasteiger partial charge in [0.2, 0.25) is 0 Å². The van der Waals surface area contributed by atoms with Crippen LogP contribution in [0.15, 0.2) is 62.3 Å². The fourth-order valence-corrected chi connectivity index (χ4v) is 3.10. The van der Waals surface area contributed by atoms with Gasteiger partial charge in [0, 0.05) is 29.7 Å². The molecule has 0 amide bonds. The second-order valence-corrected chi connectivity index (χ2v) is 6.53. The highest BCUT2D eigenvalue weighted by Crippen LogP contribution is 2.31. The maximum atomic E-state index is 12.1. The fraction of sp³-hybridized carbons (Fsp3) is 0.143. The van der Waals surface area contributed by atoms with Crippen LogP contribution in [0.3, 0.4) is 0 Å². The first-order chi connectivity index (χ1) is 13.9. The summed E-state index contributed by atoms with van der Waals surface area (Å²) in [5.74, 6) is 1.22. The van der Waals surface area contributed by atoms with Gasteiger partial charge in [0.05, 0.1) is 16.2 Å². The Morgan fingerprint density at radius 3 is 2.52 bits per heavy atom. The number of non-ortho nitro benzene ring substituents is 1. The van der Waals surface area contributed by atoms with Gasteiger partial charge < -0.3 is 13.7 Å². The van der Waals surface area contributed by atoms with E-state index in [0.717, 1.165) is 11.3 Å². The highest BCUT2D eigenvalue weighted by atomic mass is 16.6. The summed E-state index contributed by atoms with van der Waals surface area (Å²) < 4.78 is 16.3. The van der Waals surface area contributed by atoms with Gasteiger partial charge in [-0.2, -0.15) is 0 Å². The number of nitro groups is 1. The van der Waals surface area contributed by atoms with Crippen molar-refractivity contribution in [2.75, 3.05) is 0 Å². The molecule has 0 saturated carbocycles. The summed E-state index contributed by atoms with van der Waals surface area (Å²) in [5, 5.41) is 15.5. The minimum absolute atomic E-state index is 0.0176. The van der Waals surface area contributed by atoms with Crippen molar-refractivity contribution in [1.29, 1.82) is 0 Å². The lowest BCUT2D eigenvalue weighted by Gasteiger charge is -2.09. The molecule has 0 unspecified atom stereocenters. The second-order valence-electron chi connectivity index (χ2n) is 6.53. The number of rotatable bonds is 5. The fourth-order valence-electron chi connectivity index (χ4n) is 3.10. The first-order valence-electron chi connectivity index (χ1n) is 8.79. The summed E-state index contributed by atoms with van der Waals surface area (Å²) in [5.41, 5.74) is 2.76. The summed E-state index contributed by atoms with van der Waals surface area (Å²) in [6.45, 7) is 3.93. The third-order valence-corrected chi connectivity index (χ3v) is 4.67. The van der Waals surface area contributed by atoms with E-state index in [1.165, 1.54) is 18.2 Å². The van der Waals surface area contributed by atoms with Gasteiger partial charge in [-0.25, -0.2) is 4.79 Å². The van der Waals surface area contributed by atoms with Crippen molar-refractivity contribution in [3.05, 3.63) is 86.1 Å². The van der Waals surface area contributed by atoms with E-state index in [1.807, 2.05) is 13.8 Å². The van der Waals surface area contributed by atoms with E-state index >= 15 is 0 Å². The maximum absolute atomic E-state index is 12.1. The zero-order valence-electron chi connectivity index (χ0n) is 15.7. The maximum Gasteiger partial charge on any atom is 0.336 e. The van der Waals surface area contributed by atoms with Crippen molar-refractivity contribution >= 4 is 16.7 Å². The van der Waals surface area contributed by atoms with Crippen LogP contribution in [0.4, 0.5) is 5.69 Å². The van der Waals surface area contributed by atoms with Gasteiger partial charge in [0.25, 0.3) is 5.69 Å². The Morgan fingerprint density at radius 2 is 1.86 bits per heavy atom. The molecule has 8 nitrogen and oxygen atoms in total. The highest BCUT2D eigenvalue weighted by Gasteiger charge is 2.13. The van der Waals surface area contributed by atoms with Crippen molar-refractivity contribution in [2.45, 2.75) is 20.5 Å². The zero-order valence-corrected chi connectivity index (χ0v) is 15.7. The quantitative estimate of drug-likeness (QED) is 0.278. The van der Waals surface area contributed by atoms with Crippen molar-refractivity contribution in [3.8, 4) is 16.9 Å². The molecule has 0 radical (unpaired) electrons. The van der Waals surface area contributed by atoms with E-state index in [0.29, 0.717) is 33.6 Å². The van der Waals surface area contributed by atoms with Crippen LogP contribution in [-0.4, -0.2) is 10.1 Å². The molecule has 146 valence electrons. The molecular weight excluding hydrogens is 376 g/mol. The van der Waals surface area contributed by atoms with Crippen LogP contribution in [0.1, 0.15) is 17.0 Å². The van der Waals surface area contributed by atoms with Gasteiger partial charge in [-0.15, -0.1) is 0 Å². The van der Waals surface area contributed by atoms with Crippen molar-refractivity contribution in [1.82, 2.24) is 5.16 Å². The summed E-state index contributed by atoms with van der Waals surface area (Å²) in [6.07, 6.45) is 0. The molecule has 0 atom stereocenters. The van der Waals surface area contributed by atoms with Crippen LogP contribution in [0.25, 0.3) is 22.1 Å². The van der Waals surface area contributed by atoms with Gasteiger partial charge in [0.15, 0.2) is 0 Å². The number of ether oxygens (including phenoxy) is 1. The Labute approximate surface area is 164 Å². The van der Waals surface area contributed by atoms with Gasteiger partial charge >= 0.3 is 5.63 Å². The molecule has 0 aliphatic rings. The van der Waals surface area contributed by atoms with E-state index in [4.69, 9.17) is 13.7 Å². The molecule has 0 fully saturated rings. The van der Waals surface area contributed by atoms with Crippen LogP contribution in [0.2, 0.25) is 0 Å². The Kier molecular flexibility index (Phi) is 4.59. The average molecular weight is 392 g/mol. The SMILES string of the molecule is Cc1noc(C)c1COc1ccc2c(-c3ccc([N+](=O)[O-])cc3)cc(=O)oc2c1. The van der Waals surface area contributed by atoms with Gasteiger partial charge in [-0.3, -0.25) is 10.1 Å². The van der Waals surface area contributed by atoms with Crippen molar-refractivity contribution < 1.29 is 18.6 Å². The van der Waals surface area contributed by atoms with Gasteiger partial charge in [0.1, 0.15) is 23.7 Å². The molecule has 4 aromatic rings. The predicted octanol–water partition coefficient (Wildman–Crippen LogP) is 4.55. The lowest BCUT2D eigenvalue weighted by molar-refractivity contribution is -0.384. The summed E-state index contributed by atoms with van der Waals surface area (Å²) in [6, 6.07) is 12.6. The number of nitro benzene ring substituents is 1. The number of hydrogen-bond donors (Lipinski definition) is 0. The van der Waals surface area contributed by atoms with Crippen LogP contribution in [-0.2, 0) is 6.61 Å². The molecule has 0 aliphatic heterocycles. The molecule has 29 heavy (non-hydrogen) atoms. The molecule has 2 aromatic carbocycles. The van der Waals surface area contributed by atoms with Crippen LogP contribution in [0, 0.1) is 24.0 Å². The molecule has 0 N–H and O–H groups in total. The van der Waals surface area contributed by atoms with E-state index < -0.39 is 10.5 Å². The molecule has 4 rings (SSSR count). The average Bonchev–Trinajstić information content (AvgIpc) is 3.03. The smallest absolute Gasteiger partial charge is 0.336 e. The molecule has 0 saturated heterocycles. The van der Waals surface area contributed by atoms with Crippen LogP contribution >= 0.6 is 0 Å². The monoisotopic (exact) mass is 392 g/mol. The Balaban J connectivity index is 1.69. The minimum Gasteiger partial charge on any atom is -0.489 e. The van der Waals surface area contributed by atoms with E-state index in [-0.39, 0.29) is 12.3 Å². The zero-order chi connectivity index (χ0) is 20.5. The third kappa shape index (κ3) is 3.60. The number of aryl methyl sites for hydroxylation is 2. The summed E-state index contributed by atoms with van der Waals surface area (Å²) in [7, 11) is 0. The van der Waals surface area contributed by atoms with Gasteiger partial charge in [-0.1, -0.05) is 5.16 Å². The Hall–Kier alpha value is -3.94. The Bertz CT molecular complexity index is 1250. The van der Waals surface area contributed by atoms with E-state index in [9.17, 15) is 14.9 Å². The van der Waals surface area contributed by atoms with E-state index in [2.05, 4.69) is 5.16 Å². The van der Waals surface area contributed by atoms with Crippen molar-refractivity contribution in [2.24, 2.45) is 0 Å². The summed E-state index contributed by atoms with van der Waals surface area (Å²) in [4.78, 5) is 22.5. The minimum atomic E-state index is -0.520. The molecule has 2 aromatic heterocycles. The van der Waals surface area contributed by atoms with E-state index in [1.54, 1.807) is 30.3 Å². The van der Waals surface area contributed by atoms with Crippen LogP contribution in [0.5, 0.6) is 5.75 Å². The summed E-state index contributed by atoms with van der Waals surface area (Å²) >= 11 is 0. The number of benzene rings is 2. The molecule has 0 bridgehead atoms. The molecule has 0 aliphatic carbocycles. The van der Waals surface area contributed by atoms with Crippen LogP contribution < -0.4 is 10.4 Å². The standard InChI is InChI=1S/C21H16N2O6/c1-12-19(13(2)29-22-12)11-27-16-7-8-17-18(10-21(24)28-20(17)9-16)14-3-5-15(6-4-14)23(25)26/h3-10H,11H2,1-2H3. The number of nitrogens with zero attached hydrogens (tertiary/aromatic N) is 2. The van der Waals surface area contributed by atoms with Gasteiger partial charge in [-0.05, 0) is 49.2 Å². The molecule has 2 heterocycles. The molecule has 0 spiro atoms. The van der Waals surface area contributed by atoms with Crippen molar-refractivity contribution in [3.63, 3.8) is 0 Å². The number of hydrogen-bond acceptors (Lipinski definition) is 7.